The zero-order chi connectivity index (χ0) is 18.3. The van der Waals surface area contributed by atoms with Crippen LogP contribution < -0.4 is 5.56 Å². The molecule has 4 rings (SSSR count). The van der Waals surface area contributed by atoms with Crippen LogP contribution in [0.1, 0.15) is 24.0 Å². The smallest absolute Gasteiger partial charge is 0.317 e. The Balaban J connectivity index is 1.57. The van der Waals surface area contributed by atoms with E-state index in [2.05, 4.69) is 4.98 Å². The molecule has 0 unspecified atom stereocenters. The summed E-state index contributed by atoms with van der Waals surface area (Å²) in [4.78, 5) is 27.4. The normalized spacial score (nSPS) is 15.0. The number of H-pyrrole nitrogens is 1. The van der Waals surface area contributed by atoms with Crippen molar-refractivity contribution >= 4 is 16.9 Å². The van der Waals surface area contributed by atoms with Gasteiger partial charge in [0.2, 0.25) is 0 Å². The van der Waals surface area contributed by atoms with Crippen molar-refractivity contribution < 1.29 is 18.3 Å². The molecule has 1 aliphatic rings. The van der Waals surface area contributed by atoms with E-state index in [0.29, 0.717) is 23.9 Å². The summed E-state index contributed by atoms with van der Waals surface area (Å²) in [5.74, 6) is -2.66. The first-order valence-electron chi connectivity index (χ1n) is 8.24. The number of nitrogens with one attached hydrogen (secondary N) is 1. The molecule has 0 atom stereocenters. The topological polar surface area (TPSA) is 59.2 Å². The lowest BCUT2D eigenvalue weighted by Crippen LogP contribution is -2.26. The first kappa shape index (κ1) is 16.4. The van der Waals surface area contributed by atoms with Crippen LogP contribution in [0.25, 0.3) is 10.9 Å². The van der Waals surface area contributed by atoms with Gasteiger partial charge in [-0.1, -0.05) is 30.3 Å². The Bertz CT molecular complexity index is 1070. The van der Waals surface area contributed by atoms with Crippen molar-refractivity contribution in [2.75, 3.05) is 0 Å². The molecule has 1 aromatic heterocycles. The van der Waals surface area contributed by atoms with Crippen LogP contribution in [0.4, 0.5) is 8.78 Å². The van der Waals surface area contributed by atoms with E-state index in [-0.39, 0.29) is 17.7 Å². The van der Waals surface area contributed by atoms with Crippen molar-refractivity contribution in [3.05, 3.63) is 81.6 Å². The molecule has 0 radical (unpaired) electrons. The summed E-state index contributed by atoms with van der Waals surface area (Å²) < 4.78 is 32.8. The molecule has 0 bridgehead atoms. The lowest BCUT2D eigenvalue weighted by Gasteiger charge is -2.16. The molecule has 0 aliphatic heterocycles. The van der Waals surface area contributed by atoms with Gasteiger partial charge in [-0.15, -0.1) is 0 Å². The van der Waals surface area contributed by atoms with Gasteiger partial charge < -0.3 is 9.72 Å². The summed E-state index contributed by atoms with van der Waals surface area (Å²) >= 11 is 0. The van der Waals surface area contributed by atoms with E-state index in [1.807, 2.05) is 18.2 Å². The van der Waals surface area contributed by atoms with Gasteiger partial charge in [0.15, 0.2) is 11.6 Å². The van der Waals surface area contributed by atoms with E-state index in [4.69, 9.17) is 4.74 Å². The highest BCUT2D eigenvalue weighted by molar-refractivity contribution is 5.86. The summed E-state index contributed by atoms with van der Waals surface area (Å²) in [6.07, 6.45) is 0.778. The van der Waals surface area contributed by atoms with E-state index in [9.17, 15) is 18.4 Å². The van der Waals surface area contributed by atoms with Crippen LogP contribution in [0.2, 0.25) is 0 Å². The van der Waals surface area contributed by atoms with Gasteiger partial charge in [0.05, 0.1) is 11.0 Å². The zero-order valence-electron chi connectivity index (χ0n) is 13.7. The number of pyridine rings is 1. The number of esters is 1. The summed E-state index contributed by atoms with van der Waals surface area (Å²) in [5, 5.41) is 0.815. The maximum atomic E-state index is 14.1. The van der Waals surface area contributed by atoms with Crippen LogP contribution in [0.15, 0.2) is 53.3 Å². The standard InChI is InChI=1S/C20H15F2NO3/c21-15-6-3-5-14(17(15)22)20(8-9-20)19(25)26-11-13-10-12-4-1-2-7-16(12)23-18(13)24/h1-7,10H,8-9,11H2,(H,23,24). The summed E-state index contributed by atoms with van der Waals surface area (Å²) in [6, 6.07) is 12.7. The maximum Gasteiger partial charge on any atom is 0.317 e. The van der Waals surface area contributed by atoms with E-state index in [1.165, 1.54) is 12.1 Å². The molecule has 0 saturated heterocycles. The maximum absolute atomic E-state index is 14.1. The average molecular weight is 355 g/mol. The van der Waals surface area contributed by atoms with E-state index < -0.39 is 23.0 Å². The number of aromatic amines is 1. The number of para-hydroxylation sites is 1. The van der Waals surface area contributed by atoms with Gasteiger partial charge in [0.1, 0.15) is 6.61 Å². The third kappa shape index (κ3) is 2.67. The number of hydrogen-bond donors (Lipinski definition) is 1. The average Bonchev–Trinajstić information content (AvgIpc) is 3.44. The number of aromatic nitrogens is 1. The van der Waals surface area contributed by atoms with Crippen LogP contribution in [0.3, 0.4) is 0 Å². The molecule has 26 heavy (non-hydrogen) atoms. The second-order valence-electron chi connectivity index (χ2n) is 6.47. The molecular weight excluding hydrogens is 340 g/mol. The Labute approximate surface area is 147 Å². The van der Waals surface area contributed by atoms with Crippen molar-refractivity contribution in [3.8, 4) is 0 Å². The third-order valence-corrected chi connectivity index (χ3v) is 4.80. The number of benzene rings is 2. The molecule has 0 amide bonds. The van der Waals surface area contributed by atoms with Crippen LogP contribution in [0.5, 0.6) is 0 Å². The quantitative estimate of drug-likeness (QED) is 0.728. The van der Waals surface area contributed by atoms with Crippen LogP contribution in [0, 0.1) is 11.6 Å². The first-order valence-corrected chi connectivity index (χ1v) is 8.24. The summed E-state index contributed by atoms with van der Waals surface area (Å²) in [7, 11) is 0. The predicted octanol–water partition coefficient (Wildman–Crippen LogP) is 3.58. The number of rotatable bonds is 4. The highest BCUT2D eigenvalue weighted by Crippen LogP contribution is 2.50. The molecule has 4 nitrogen and oxygen atoms in total. The second kappa shape index (κ2) is 6.05. The lowest BCUT2D eigenvalue weighted by molar-refractivity contribution is -0.148. The largest absolute Gasteiger partial charge is 0.460 e. The van der Waals surface area contributed by atoms with E-state index in [0.717, 1.165) is 11.5 Å². The Morgan fingerprint density at radius 1 is 1.12 bits per heavy atom. The van der Waals surface area contributed by atoms with Crippen molar-refractivity contribution in [1.82, 2.24) is 4.98 Å². The molecule has 0 spiro atoms. The van der Waals surface area contributed by atoms with Gasteiger partial charge >= 0.3 is 5.97 Å². The van der Waals surface area contributed by atoms with Crippen molar-refractivity contribution in [3.63, 3.8) is 0 Å². The number of carbonyl (C=O) groups excluding carboxylic acids is 1. The summed E-state index contributed by atoms with van der Waals surface area (Å²) in [6.45, 7) is -0.225. The third-order valence-electron chi connectivity index (χ3n) is 4.80. The molecule has 2 aromatic carbocycles. The molecule has 1 N–H and O–H groups in total. The van der Waals surface area contributed by atoms with Crippen LogP contribution >= 0.6 is 0 Å². The van der Waals surface area contributed by atoms with Gasteiger partial charge in [-0.2, -0.15) is 0 Å². The monoisotopic (exact) mass is 355 g/mol. The summed E-state index contributed by atoms with van der Waals surface area (Å²) in [5.41, 5.74) is -0.510. The van der Waals surface area contributed by atoms with Crippen molar-refractivity contribution in [2.24, 2.45) is 0 Å². The molecule has 1 fully saturated rings. The van der Waals surface area contributed by atoms with Crippen molar-refractivity contribution in [1.29, 1.82) is 0 Å². The first-order chi connectivity index (χ1) is 12.5. The van der Waals surface area contributed by atoms with Crippen LogP contribution in [-0.4, -0.2) is 11.0 Å². The molecule has 1 aliphatic carbocycles. The number of carbonyl (C=O) groups is 1. The Morgan fingerprint density at radius 3 is 2.65 bits per heavy atom. The fourth-order valence-corrected chi connectivity index (χ4v) is 3.16. The molecule has 132 valence electrons. The fraction of sp³-hybridized carbons (Fsp3) is 0.200. The van der Waals surface area contributed by atoms with E-state index in [1.54, 1.807) is 12.1 Å². The van der Waals surface area contributed by atoms with Gasteiger partial charge in [-0.25, -0.2) is 8.78 Å². The fourth-order valence-electron chi connectivity index (χ4n) is 3.16. The highest BCUT2D eigenvalue weighted by Gasteiger charge is 2.54. The molecule has 1 heterocycles. The second-order valence-corrected chi connectivity index (χ2v) is 6.47. The minimum absolute atomic E-state index is 0.00919. The Hall–Kier alpha value is -3.02. The number of ether oxygens (including phenoxy) is 1. The molecule has 3 aromatic rings. The Kier molecular flexibility index (Phi) is 3.83. The highest BCUT2D eigenvalue weighted by atomic mass is 19.2. The number of fused-ring (bicyclic) bond motifs is 1. The Morgan fingerprint density at radius 2 is 1.88 bits per heavy atom. The van der Waals surface area contributed by atoms with E-state index >= 15 is 0 Å². The number of hydrogen-bond acceptors (Lipinski definition) is 3. The molecular formula is C20H15F2NO3. The minimum Gasteiger partial charge on any atom is -0.460 e. The van der Waals surface area contributed by atoms with Gasteiger partial charge in [0.25, 0.3) is 5.56 Å². The van der Waals surface area contributed by atoms with Gasteiger partial charge in [-0.05, 0) is 36.4 Å². The molecule has 6 heteroatoms. The number of halogens is 2. The van der Waals surface area contributed by atoms with Gasteiger partial charge in [-0.3, -0.25) is 9.59 Å². The molecule has 1 saturated carbocycles. The zero-order valence-corrected chi connectivity index (χ0v) is 13.7. The van der Waals surface area contributed by atoms with Crippen LogP contribution in [-0.2, 0) is 21.6 Å². The lowest BCUT2D eigenvalue weighted by atomic mass is 9.95. The van der Waals surface area contributed by atoms with Crippen molar-refractivity contribution in [2.45, 2.75) is 24.9 Å². The predicted molar refractivity (Wildman–Crippen MR) is 91.6 cm³/mol. The van der Waals surface area contributed by atoms with Gasteiger partial charge in [0, 0.05) is 11.1 Å². The SMILES string of the molecule is O=C(OCc1cc2ccccc2[nH]c1=O)C1(c2cccc(F)c2F)CC1. The minimum atomic E-state index is -1.16.